The van der Waals surface area contributed by atoms with E-state index < -0.39 is 10.0 Å². The molecular weight excluding hydrogens is 502 g/mol. The molecule has 198 valence electrons. The van der Waals surface area contributed by atoms with Gasteiger partial charge in [0.05, 0.1) is 23.7 Å². The molecule has 1 saturated heterocycles. The first-order valence-electron chi connectivity index (χ1n) is 12.6. The van der Waals surface area contributed by atoms with Crippen molar-refractivity contribution in [2.75, 3.05) is 20.3 Å². The molecule has 1 unspecified atom stereocenters. The van der Waals surface area contributed by atoms with Crippen LogP contribution in [0.3, 0.4) is 0 Å². The molecule has 1 aliphatic rings. The van der Waals surface area contributed by atoms with E-state index in [0.29, 0.717) is 35.2 Å². The summed E-state index contributed by atoms with van der Waals surface area (Å²) in [6, 6.07) is 25.6. The molecule has 38 heavy (non-hydrogen) atoms. The number of para-hydroxylation sites is 1. The lowest BCUT2D eigenvalue weighted by Gasteiger charge is -2.25. The number of hydrogen-bond acceptors (Lipinski definition) is 6. The second-order valence-corrected chi connectivity index (χ2v) is 11.1. The lowest BCUT2D eigenvalue weighted by Crippen LogP contribution is -2.37. The number of nitrogens with zero attached hydrogens (tertiary/aromatic N) is 3. The van der Waals surface area contributed by atoms with E-state index in [-0.39, 0.29) is 24.1 Å². The van der Waals surface area contributed by atoms with Crippen LogP contribution in [0.5, 0.6) is 17.4 Å². The van der Waals surface area contributed by atoms with Crippen molar-refractivity contribution in [2.24, 2.45) is 7.05 Å². The summed E-state index contributed by atoms with van der Waals surface area (Å²) >= 11 is 0. The largest absolute Gasteiger partial charge is 0.497 e. The van der Waals surface area contributed by atoms with Crippen LogP contribution in [0.4, 0.5) is 0 Å². The predicted molar refractivity (Wildman–Crippen MR) is 145 cm³/mol. The summed E-state index contributed by atoms with van der Waals surface area (Å²) in [4.78, 5) is 0.187. The Morgan fingerprint density at radius 1 is 0.974 bits per heavy atom. The maximum atomic E-state index is 14.0. The van der Waals surface area contributed by atoms with Crippen LogP contribution in [-0.2, 0) is 28.4 Å². The molecule has 9 heteroatoms. The number of benzene rings is 3. The highest BCUT2D eigenvalue weighted by Crippen LogP contribution is 2.35. The van der Waals surface area contributed by atoms with Crippen LogP contribution < -0.4 is 9.47 Å². The molecule has 0 spiro atoms. The van der Waals surface area contributed by atoms with Gasteiger partial charge in [0.1, 0.15) is 17.2 Å². The second kappa shape index (κ2) is 11.4. The van der Waals surface area contributed by atoms with Crippen molar-refractivity contribution in [3.63, 3.8) is 0 Å². The highest BCUT2D eigenvalue weighted by Gasteiger charge is 2.32. The van der Waals surface area contributed by atoms with Crippen molar-refractivity contribution in [3.8, 4) is 28.6 Å². The zero-order valence-electron chi connectivity index (χ0n) is 21.5. The quantitative estimate of drug-likeness (QED) is 0.277. The van der Waals surface area contributed by atoms with Crippen molar-refractivity contribution in [1.29, 1.82) is 0 Å². The number of ether oxygens (including phenoxy) is 3. The monoisotopic (exact) mass is 533 g/mol. The van der Waals surface area contributed by atoms with Gasteiger partial charge in [-0.25, -0.2) is 13.1 Å². The molecule has 1 fully saturated rings. The van der Waals surface area contributed by atoms with Crippen LogP contribution in [0.25, 0.3) is 11.3 Å². The minimum absolute atomic E-state index is 0.0639. The number of aromatic nitrogens is 2. The first kappa shape index (κ1) is 26.0. The van der Waals surface area contributed by atoms with Gasteiger partial charge in [-0.2, -0.15) is 9.40 Å². The van der Waals surface area contributed by atoms with Gasteiger partial charge in [-0.3, -0.25) is 0 Å². The lowest BCUT2D eigenvalue weighted by atomic mass is 10.1. The fourth-order valence-electron chi connectivity index (χ4n) is 4.59. The smallest absolute Gasteiger partial charge is 0.243 e. The molecule has 2 heterocycles. The molecule has 5 rings (SSSR count). The van der Waals surface area contributed by atoms with E-state index in [1.54, 1.807) is 43.1 Å². The number of hydrogen-bond donors (Lipinski definition) is 0. The molecule has 1 atom stereocenters. The summed E-state index contributed by atoms with van der Waals surface area (Å²) in [5.74, 6) is 1.71. The summed E-state index contributed by atoms with van der Waals surface area (Å²) in [6.07, 6.45) is 1.53. The molecule has 4 aromatic rings. The average Bonchev–Trinajstić information content (AvgIpc) is 3.57. The molecule has 3 aromatic carbocycles. The van der Waals surface area contributed by atoms with Gasteiger partial charge in [-0.05, 0) is 49.2 Å². The number of sulfonamides is 1. The fourth-order valence-corrected chi connectivity index (χ4v) is 6.03. The van der Waals surface area contributed by atoms with Crippen molar-refractivity contribution in [1.82, 2.24) is 14.1 Å². The minimum Gasteiger partial charge on any atom is -0.497 e. The van der Waals surface area contributed by atoms with Crippen molar-refractivity contribution < 1.29 is 22.6 Å². The van der Waals surface area contributed by atoms with Gasteiger partial charge in [0.25, 0.3) is 0 Å². The predicted octanol–water partition coefficient (Wildman–Crippen LogP) is 5.26. The standard InChI is InChI=1S/C29H31N3O5S/c1-31-29(37-24-12-7-4-8-13-24)27(28(30-31)22-10-5-3-6-11-22)21-32(20-25-14-9-19-36-25)38(33,34)26-17-15-23(35-2)16-18-26/h3-8,10-13,15-18,25H,9,14,19-21H2,1-2H3. The van der Waals surface area contributed by atoms with E-state index in [2.05, 4.69) is 0 Å². The van der Waals surface area contributed by atoms with E-state index in [4.69, 9.17) is 19.3 Å². The van der Waals surface area contributed by atoms with E-state index in [9.17, 15) is 8.42 Å². The van der Waals surface area contributed by atoms with Crippen LogP contribution >= 0.6 is 0 Å². The summed E-state index contributed by atoms with van der Waals surface area (Å²) in [6.45, 7) is 0.919. The summed E-state index contributed by atoms with van der Waals surface area (Å²) < 4.78 is 48.5. The van der Waals surface area contributed by atoms with Gasteiger partial charge in [0.15, 0.2) is 0 Å². The minimum atomic E-state index is -3.89. The number of rotatable bonds is 10. The molecule has 1 aromatic heterocycles. The topological polar surface area (TPSA) is 82.9 Å². The Morgan fingerprint density at radius 2 is 1.66 bits per heavy atom. The Hall–Kier alpha value is -3.66. The van der Waals surface area contributed by atoms with Crippen molar-refractivity contribution in [2.45, 2.75) is 30.4 Å². The Bertz CT molecular complexity index is 1450. The maximum Gasteiger partial charge on any atom is 0.243 e. The van der Waals surface area contributed by atoms with Crippen LogP contribution in [0.1, 0.15) is 18.4 Å². The van der Waals surface area contributed by atoms with Crippen LogP contribution in [-0.4, -0.2) is 48.9 Å². The van der Waals surface area contributed by atoms with Gasteiger partial charge in [0, 0.05) is 32.3 Å². The molecule has 0 N–H and O–H groups in total. The third-order valence-corrected chi connectivity index (χ3v) is 8.38. The van der Waals surface area contributed by atoms with Gasteiger partial charge in [0.2, 0.25) is 15.9 Å². The third kappa shape index (κ3) is 5.60. The molecule has 0 saturated carbocycles. The van der Waals surface area contributed by atoms with Crippen LogP contribution in [0, 0.1) is 0 Å². The number of aryl methyl sites for hydroxylation is 1. The molecule has 8 nitrogen and oxygen atoms in total. The van der Waals surface area contributed by atoms with Gasteiger partial charge < -0.3 is 14.2 Å². The molecule has 0 aliphatic carbocycles. The van der Waals surface area contributed by atoms with E-state index >= 15 is 0 Å². The maximum absolute atomic E-state index is 14.0. The highest BCUT2D eigenvalue weighted by molar-refractivity contribution is 7.89. The van der Waals surface area contributed by atoms with Gasteiger partial charge in [-0.15, -0.1) is 0 Å². The van der Waals surface area contributed by atoms with E-state index in [1.807, 2.05) is 60.7 Å². The van der Waals surface area contributed by atoms with E-state index in [0.717, 1.165) is 18.4 Å². The summed E-state index contributed by atoms with van der Waals surface area (Å²) in [5, 5.41) is 4.76. The van der Waals surface area contributed by atoms with Crippen LogP contribution in [0.2, 0.25) is 0 Å². The summed E-state index contributed by atoms with van der Waals surface area (Å²) in [5.41, 5.74) is 2.22. The molecule has 1 aliphatic heterocycles. The second-order valence-electron chi connectivity index (χ2n) is 9.15. The van der Waals surface area contributed by atoms with Gasteiger partial charge in [-0.1, -0.05) is 48.5 Å². The first-order valence-corrected chi connectivity index (χ1v) is 14.0. The Balaban J connectivity index is 1.59. The Kier molecular flexibility index (Phi) is 7.78. The molecule has 0 radical (unpaired) electrons. The zero-order valence-corrected chi connectivity index (χ0v) is 22.3. The SMILES string of the molecule is COc1ccc(S(=O)(=O)N(Cc2c(-c3ccccc3)nn(C)c2Oc2ccccc2)CC2CCCO2)cc1. The zero-order chi connectivity index (χ0) is 26.5. The lowest BCUT2D eigenvalue weighted by molar-refractivity contribution is 0.0925. The van der Waals surface area contributed by atoms with Crippen molar-refractivity contribution in [3.05, 3.63) is 90.5 Å². The van der Waals surface area contributed by atoms with Gasteiger partial charge >= 0.3 is 0 Å². The summed E-state index contributed by atoms with van der Waals surface area (Å²) in [7, 11) is -0.533. The van der Waals surface area contributed by atoms with Crippen molar-refractivity contribution >= 4 is 10.0 Å². The highest BCUT2D eigenvalue weighted by atomic mass is 32.2. The molecule has 0 bridgehead atoms. The normalized spacial score (nSPS) is 15.6. The third-order valence-electron chi connectivity index (χ3n) is 6.56. The Labute approximate surface area is 223 Å². The molecular formula is C29H31N3O5S. The fraction of sp³-hybridized carbons (Fsp3) is 0.276. The first-order chi connectivity index (χ1) is 18.5. The van der Waals surface area contributed by atoms with E-state index in [1.165, 1.54) is 4.31 Å². The molecule has 0 amide bonds. The number of methoxy groups -OCH3 is 1. The van der Waals surface area contributed by atoms with Crippen LogP contribution in [0.15, 0.2) is 89.8 Å². The Morgan fingerprint density at radius 3 is 2.29 bits per heavy atom. The average molecular weight is 534 g/mol.